The highest BCUT2D eigenvalue weighted by Gasteiger charge is 2.34. The van der Waals surface area contributed by atoms with Crippen molar-refractivity contribution in [1.29, 1.82) is 10.5 Å². The highest BCUT2D eigenvalue weighted by atomic mass is 19.4. The van der Waals surface area contributed by atoms with Crippen LogP contribution in [0.5, 0.6) is 0 Å². The van der Waals surface area contributed by atoms with Gasteiger partial charge in [-0.15, -0.1) is 0 Å². The van der Waals surface area contributed by atoms with Crippen molar-refractivity contribution < 1.29 is 17.6 Å². The summed E-state index contributed by atoms with van der Waals surface area (Å²) >= 11 is 0. The average Bonchev–Trinajstić information content (AvgIpc) is 3.35. The lowest BCUT2D eigenvalue weighted by molar-refractivity contribution is -0.139. The standard InChI is InChI=1S/C29H12F4N4/c30-26-8-6-16(10-25(26)29(31,32)33)15-5-7-18-21-12-23-20(11-24(21)28(37-14-35)22(18)9-15)17-3-1-2-4-19(17)27(23)36-13-34/h1-12H. The Morgan fingerprint density at radius 2 is 1.08 bits per heavy atom. The van der Waals surface area contributed by atoms with Crippen LogP contribution in [0.2, 0.25) is 0 Å². The van der Waals surface area contributed by atoms with E-state index in [9.17, 15) is 28.1 Å². The van der Waals surface area contributed by atoms with Crippen LogP contribution in [-0.4, -0.2) is 0 Å². The number of fused-ring (bicyclic) bond motifs is 6. The van der Waals surface area contributed by atoms with Crippen LogP contribution >= 0.6 is 0 Å². The highest BCUT2D eigenvalue weighted by Crippen LogP contribution is 2.37. The molecule has 0 aliphatic rings. The molecule has 0 bridgehead atoms. The van der Waals surface area contributed by atoms with Crippen molar-refractivity contribution in [1.82, 2.24) is 0 Å². The van der Waals surface area contributed by atoms with Crippen LogP contribution < -0.4 is 10.7 Å². The van der Waals surface area contributed by atoms with Gasteiger partial charge in [0, 0.05) is 21.5 Å². The van der Waals surface area contributed by atoms with Gasteiger partial charge in [0.2, 0.25) is 12.4 Å². The maximum atomic E-state index is 13.8. The Morgan fingerprint density at radius 3 is 1.70 bits per heavy atom. The fourth-order valence-electron chi connectivity index (χ4n) is 5.07. The van der Waals surface area contributed by atoms with Crippen molar-refractivity contribution in [3.63, 3.8) is 0 Å². The third-order valence-corrected chi connectivity index (χ3v) is 6.63. The first-order chi connectivity index (χ1) is 17.8. The van der Waals surface area contributed by atoms with Gasteiger partial charge in [-0.2, -0.15) is 33.7 Å². The van der Waals surface area contributed by atoms with E-state index in [0.717, 1.165) is 44.5 Å². The molecule has 0 spiro atoms. The molecule has 6 aromatic rings. The topological polar surface area (TPSA) is 72.3 Å². The third kappa shape index (κ3) is 3.35. The summed E-state index contributed by atoms with van der Waals surface area (Å²) in [6, 6.07) is 19.3. The molecule has 0 fully saturated rings. The second-order valence-corrected chi connectivity index (χ2v) is 8.56. The number of rotatable bonds is 1. The van der Waals surface area contributed by atoms with Crippen molar-refractivity contribution in [2.24, 2.45) is 9.98 Å². The molecule has 0 radical (unpaired) electrons. The number of alkyl halides is 3. The maximum absolute atomic E-state index is 13.8. The van der Waals surface area contributed by atoms with Gasteiger partial charge >= 0.3 is 6.18 Å². The number of hydrogen-bond acceptors (Lipinski definition) is 4. The van der Waals surface area contributed by atoms with E-state index in [0.29, 0.717) is 27.1 Å². The molecule has 0 N–H and O–H groups in total. The Balaban J connectivity index is 1.70. The molecule has 6 aromatic carbocycles. The Kier molecular flexibility index (Phi) is 4.82. The van der Waals surface area contributed by atoms with Crippen LogP contribution in [0, 0.1) is 28.7 Å². The SMILES string of the molecule is N#CN=c1c2ccccc2c2cc3c(=NC#N)c4cc(-c5ccc(F)c(C(F)(F)F)c5)ccc4c3cc12. The van der Waals surface area contributed by atoms with Crippen molar-refractivity contribution in [2.45, 2.75) is 6.18 Å². The molecule has 8 heteroatoms. The molecule has 176 valence electrons. The zero-order chi connectivity index (χ0) is 25.9. The van der Waals surface area contributed by atoms with E-state index in [1.54, 1.807) is 18.2 Å². The summed E-state index contributed by atoms with van der Waals surface area (Å²) in [6.07, 6.45) is -1.14. The molecule has 0 aromatic heterocycles. The first kappa shape index (κ1) is 22.4. The van der Waals surface area contributed by atoms with E-state index in [1.807, 2.05) is 48.8 Å². The molecule has 0 saturated heterocycles. The molecule has 0 aliphatic heterocycles. The van der Waals surface area contributed by atoms with E-state index in [1.165, 1.54) is 6.07 Å². The minimum atomic E-state index is -4.83. The molecule has 37 heavy (non-hydrogen) atoms. The monoisotopic (exact) mass is 492 g/mol. The number of nitriles is 2. The van der Waals surface area contributed by atoms with Gasteiger partial charge in [-0.3, -0.25) is 0 Å². The van der Waals surface area contributed by atoms with Gasteiger partial charge in [0.1, 0.15) is 5.82 Å². The Bertz CT molecular complexity index is 2120. The van der Waals surface area contributed by atoms with Crippen LogP contribution in [0.15, 0.2) is 82.8 Å². The second kappa shape index (κ2) is 7.97. The lowest BCUT2D eigenvalue weighted by Crippen LogP contribution is -2.08. The molecule has 0 heterocycles. The van der Waals surface area contributed by atoms with Gasteiger partial charge in [-0.1, -0.05) is 42.5 Å². The molecule has 6 rings (SSSR count). The molecular formula is C29H12F4N4. The molecule has 0 amide bonds. The number of halogens is 4. The van der Waals surface area contributed by atoms with Gasteiger partial charge in [0.25, 0.3) is 0 Å². The zero-order valence-corrected chi connectivity index (χ0v) is 18.7. The van der Waals surface area contributed by atoms with Crippen LogP contribution in [0.1, 0.15) is 5.56 Å². The number of hydrogen-bond donors (Lipinski definition) is 0. The molecule has 4 nitrogen and oxygen atoms in total. The van der Waals surface area contributed by atoms with Crippen LogP contribution in [0.25, 0.3) is 54.2 Å². The summed E-state index contributed by atoms with van der Waals surface area (Å²) < 4.78 is 53.7. The van der Waals surface area contributed by atoms with E-state index >= 15 is 0 Å². The normalized spacial score (nSPS) is 13.1. The van der Waals surface area contributed by atoms with Gasteiger partial charge in [0.15, 0.2) is 0 Å². The predicted octanol–water partition coefficient (Wildman–Crippen LogP) is 6.76. The van der Waals surface area contributed by atoms with Crippen molar-refractivity contribution >= 4 is 43.1 Å². The summed E-state index contributed by atoms with van der Waals surface area (Å²) in [4.78, 5) is 8.10. The maximum Gasteiger partial charge on any atom is 0.419 e. The molecule has 0 saturated carbocycles. The van der Waals surface area contributed by atoms with Crippen molar-refractivity contribution in [3.05, 3.63) is 94.9 Å². The minimum absolute atomic E-state index is 0.184. The summed E-state index contributed by atoms with van der Waals surface area (Å²) in [5.74, 6) is -1.35. The number of nitrogens with zero attached hydrogens (tertiary/aromatic N) is 4. The van der Waals surface area contributed by atoms with E-state index in [2.05, 4.69) is 9.98 Å². The Hall–Kier alpha value is -5.08. The van der Waals surface area contributed by atoms with E-state index in [4.69, 9.17) is 0 Å². The zero-order valence-electron chi connectivity index (χ0n) is 18.7. The van der Waals surface area contributed by atoms with E-state index < -0.39 is 17.6 Å². The Morgan fingerprint density at radius 1 is 0.568 bits per heavy atom. The molecule has 0 aliphatic carbocycles. The van der Waals surface area contributed by atoms with Gasteiger partial charge < -0.3 is 0 Å². The van der Waals surface area contributed by atoms with Crippen molar-refractivity contribution in [2.75, 3.05) is 0 Å². The summed E-state index contributed by atoms with van der Waals surface area (Å²) in [7, 11) is 0. The lowest BCUT2D eigenvalue weighted by atomic mass is 10.00. The molecular weight excluding hydrogens is 480 g/mol. The van der Waals surface area contributed by atoms with E-state index in [-0.39, 0.29) is 5.56 Å². The lowest BCUT2D eigenvalue weighted by Gasteiger charge is -2.10. The highest BCUT2D eigenvalue weighted by molar-refractivity contribution is 6.21. The summed E-state index contributed by atoms with van der Waals surface area (Å²) in [5.41, 5.74) is -0.741. The number of benzene rings is 4. The largest absolute Gasteiger partial charge is 0.419 e. The quantitative estimate of drug-likeness (QED) is 0.188. The third-order valence-electron chi connectivity index (χ3n) is 6.63. The smallest absolute Gasteiger partial charge is 0.206 e. The fourth-order valence-corrected chi connectivity index (χ4v) is 5.07. The first-order valence-electron chi connectivity index (χ1n) is 11.1. The first-order valence-corrected chi connectivity index (χ1v) is 11.1. The Labute approximate surface area is 206 Å². The van der Waals surface area contributed by atoms with Gasteiger partial charge in [-0.25, -0.2) is 4.39 Å². The minimum Gasteiger partial charge on any atom is -0.206 e. The predicted molar refractivity (Wildman–Crippen MR) is 132 cm³/mol. The second-order valence-electron chi connectivity index (χ2n) is 8.56. The van der Waals surface area contributed by atoms with Gasteiger partial charge in [0.05, 0.1) is 16.3 Å². The summed E-state index contributed by atoms with van der Waals surface area (Å²) in [5, 5.41) is 25.7. The van der Waals surface area contributed by atoms with Crippen LogP contribution in [0.4, 0.5) is 17.6 Å². The molecule has 0 atom stereocenters. The summed E-state index contributed by atoms with van der Waals surface area (Å²) in [6.45, 7) is 0. The average molecular weight is 492 g/mol. The van der Waals surface area contributed by atoms with Crippen LogP contribution in [0.3, 0.4) is 0 Å². The van der Waals surface area contributed by atoms with Crippen molar-refractivity contribution in [3.8, 4) is 23.5 Å². The molecule has 0 unspecified atom stereocenters. The van der Waals surface area contributed by atoms with Crippen LogP contribution in [-0.2, 0) is 6.18 Å². The fraction of sp³-hybridized carbons (Fsp3) is 0.0345. The van der Waals surface area contributed by atoms with Gasteiger partial charge in [-0.05, 0) is 63.0 Å².